The topological polar surface area (TPSA) is 68.5 Å². The van der Waals surface area contributed by atoms with Gasteiger partial charge in [-0.2, -0.15) is 5.10 Å². The molecule has 3 aromatic heterocycles. The molecule has 4 aromatic rings. The Balaban J connectivity index is 1.59. The lowest BCUT2D eigenvalue weighted by atomic mass is 10.2. The average Bonchev–Trinajstić information content (AvgIpc) is 3.05. The highest BCUT2D eigenvalue weighted by Crippen LogP contribution is 2.20. The van der Waals surface area contributed by atoms with Crippen molar-refractivity contribution in [1.29, 1.82) is 0 Å². The van der Waals surface area contributed by atoms with Crippen LogP contribution < -0.4 is 5.32 Å². The molecule has 1 N–H and O–H groups in total. The molecule has 3 heterocycles. The van der Waals surface area contributed by atoms with E-state index in [1.807, 2.05) is 47.4 Å². The molecule has 4 rings (SSSR count). The van der Waals surface area contributed by atoms with Crippen molar-refractivity contribution in [1.82, 2.24) is 24.7 Å². The molecule has 0 aliphatic carbocycles. The van der Waals surface area contributed by atoms with Gasteiger partial charge in [0.15, 0.2) is 5.65 Å². The lowest BCUT2D eigenvalue weighted by molar-refractivity contribution is 0.703. The van der Waals surface area contributed by atoms with Crippen LogP contribution in [0, 0.1) is 0 Å². The fraction of sp³-hybridized carbons (Fsp3) is 0.111. The summed E-state index contributed by atoms with van der Waals surface area (Å²) in [6.07, 6.45) is 6.98. The lowest BCUT2D eigenvalue weighted by Crippen LogP contribution is -2.05. The number of benzene rings is 1. The molecule has 0 aliphatic heterocycles. The van der Waals surface area contributed by atoms with Gasteiger partial charge in [-0.3, -0.25) is 4.98 Å². The van der Waals surface area contributed by atoms with Crippen molar-refractivity contribution >= 4 is 16.9 Å². The van der Waals surface area contributed by atoms with Crippen molar-refractivity contribution in [2.24, 2.45) is 0 Å². The maximum absolute atomic E-state index is 4.47. The van der Waals surface area contributed by atoms with E-state index >= 15 is 0 Å². The third kappa shape index (κ3) is 2.94. The predicted molar refractivity (Wildman–Crippen MR) is 92.4 cm³/mol. The van der Waals surface area contributed by atoms with Crippen LogP contribution in [0.15, 0.2) is 67.4 Å². The molecule has 0 amide bonds. The summed E-state index contributed by atoms with van der Waals surface area (Å²) in [5.41, 5.74) is 3.11. The summed E-state index contributed by atoms with van der Waals surface area (Å²) in [5, 5.41) is 8.72. The molecule has 0 atom stereocenters. The van der Waals surface area contributed by atoms with Gasteiger partial charge in [0.25, 0.3) is 0 Å². The molecule has 24 heavy (non-hydrogen) atoms. The monoisotopic (exact) mass is 316 g/mol. The van der Waals surface area contributed by atoms with Crippen molar-refractivity contribution < 1.29 is 0 Å². The number of anilines is 1. The Bertz CT molecular complexity index is 934. The second-order valence-corrected chi connectivity index (χ2v) is 5.46. The molecule has 0 saturated carbocycles. The number of aromatic nitrogens is 5. The fourth-order valence-electron chi connectivity index (χ4n) is 2.59. The predicted octanol–water partition coefficient (Wildman–Crippen LogP) is 2.88. The largest absolute Gasteiger partial charge is 0.365 e. The summed E-state index contributed by atoms with van der Waals surface area (Å²) in [6, 6.07) is 14.2. The van der Waals surface area contributed by atoms with Gasteiger partial charge in [-0.25, -0.2) is 14.6 Å². The summed E-state index contributed by atoms with van der Waals surface area (Å²) in [7, 11) is 0. The number of nitrogens with zero attached hydrogens (tertiary/aromatic N) is 5. The van der Waals surface area contributed by atoms with Crippen LogP contribution in [0.1, 0.15) is 11.1 Å². The van der Waals surface area contributed by atoms with Crippen LogP contribution in [0.2, 0.25) is 0 Å². The van der Waals surface area contributed by atoms with Crippen LogP contribution >= 0.6 is 0 Å². The number of pyridine rings is 1. The molecule has 6 heteroatoms. The molecular formula is C18H16N6. The quantitative estimate of drug-likeness (QED) is 0.613. The van der Waals surface area contributed by atoms with Gasteiger partial charge < -0.3 is 5.32 Å². The van der Waals surface area contributed by atoms with Crippen LogP contribution in [0.3, 0.4) is 0 Å². The molecule has 0 spiro atoms. The van der Waals surface area contributed by atoms with Gasteiger partial charge in [-0.1, -0.05) is 36.4 Å². The SMILES string of the molecule is c1ccc(Cn2ncc3c(NCc4cccnc4)ncnc32)cc1. The zero-order chi connectivity index (χ0) is 16.2. The second kappa shape index (κ2) is 6.45. The Hall–Kier alpha value is -3.28. The van der Waals surface area contributed by atoms with Crippen LogP contribution in [0.5, 0.6) is 0 Å². The Labute approximate surface area is 139 Å². The zero-order valence-electron chi connectivity index (χ0n) is 13.0. The molecular weight excluding hydrogens is 300 g/mol. The van der Waals surface area contributed by atoms with Crippen LogP contribution in [-0.4, -0.2) is 24.7 Å². The highest BCUT2D eigenvalue weighted by Gasteiger charge is 2.10. The molecule has 118 valence electrons. The highest BCUT2D eigenvalue weighted by atomic mass is 15.3. The molecule has 6 nitrogen and oxygen atoms in total. The van der Waals surface area contributed by atoms with Crippen LogP contribution in [0.25, 0.3) is 11.0 Å². The van der Waals surface area contributed by atoms with E-state index in [0.29, 0.717) is 13.1 Å². The number of rotatable bonds is 5. The summed E-state index contributed by atoms with van der Waals surface area (Å²) in [5.74, 6) is 0.781. The Morgan fingerprint density at radius 3 is 2.62 bits per heavy atom. The van der Waals surface area contributed by atoms with E-state index in [2.05, 4.69) is 37.5 Å². The molecule has 0 fully saturated rings. The van der Waals surface area contributed by atoms with Crippen molar-refractivity contribution in [3.8, 4) is 0 Å². The first-order valence-electron chi connectivity index (χ1n) is 7.73. The number of nitrogens with one attached hydrogen (secondary N) is 1. The second-order valence-electron chi connectivity index (χ2n) is 5.46. The van der Waals surface area contributed by atoms with Gasteiger partial charge in [0.1, 0.15) is 12.1 Å². The fourth-order valence-corrected chi connectivity index (χ4v) is 2.59. The summed E-state index contributed by atoms with van der Waals surface area (Å²) in [6.45, 7) is 1.34. The van der Waals surface area contributed by atoms with E-state index in [1.165, 1.54) is 5.56 Å². The molecule has 0 aliphatic rings. The Morgan fingerprint density at radius 1 is 0.917 bits per heavy atom. The van der Waals surface area contributed by atoms with E-state index in [1.54, 1.807) is 12.5 Å². The third-order valence-corrected chi connectivity index (χ3v) is 3.79. The van der Waals surface area contributed by atoms with Crippen molar-refractivity contribution in [3.05, 3.63) is 78.5 Å². The van der Waals surface area contributed by atoms with Crippen molar-refractivity contribution in [3.63, 3.8) is 0 Å². The van der Waals surface area contributed by atoms with Crippen LogP contribution in [0.4, 0.5) is 5.82 Å². The highest BCUT2D eigenvalue weighted by molar-refractivity contribution is 5.86. The molecule has 0 bridgehead atoms. The number of hydrogen-bond acceptors (Lipinski definition) is 5. The molecule has 1 aromatic carbocycles. The summed E-state index contributed by atoms with van der Waals surface area (Å²) in [4.78, 5) is 12.9. The lowest BCUT2D eigenvalue weighted by Gasteiger charge is -2.07. The van der Waals surface area contributed by atoms with Gasteiger partial charge in [0.2, 0.25) is 0 Å². The Kier molecular flexibility index (Phi) is 3.85. The number of fused-ring (bicyclic) bond motifs is 1. The third-order valence-electron chi connectivity index (χ3n) is 3.79. The minimum Gasteiger partial charge on any atom is -0.365 e. The standard InChI is InChI=1S/C18H16N6/c1-2-5-14(6-3-1)12-24-18-16(11-23-24)17(21-13-22-18)20-10-15-7-4-8-19-9-15/h1-9,11,13H,10,12H2,(H,20,21,22). The van der Waals surface area contributed by atoms with Gasteiger partial charge in [0, 0.05) is 18.9 Å². The van der Waals surface area contributed by atoms with Gasteiger partial charge in [-0.05, 0) is 17.2 Å². The van der Waals surface area contributed by atoms with E-state index in [9.17, 15) is 0 Å². The zero-order valence-corrected chi connectivity index (χ0v) is 13.0. The van der Waals surface area contributed by atoms with Crippen LogP contribution in [-0.2, 0) is 13.1 Å². The van der Waals surface area contributed by atoms with Gasteiger partial charge in [-0.15, -0.1) is 0 Å². The normalized spacial score (nSPS) is 10.8. The minimum atomic E-state index is 0.657. The summed E-state index contributed by atoms with van der Waals surface area (Å²) >= 11 is 0. The maximum atomic E-state index is 4.47. The van der Waals surface area contributed by atoms with E-state index in [0.717, 1.165) is 22.4 Å². The minimum absolute atomic E-state index is 0.657. The number of hydrogen-bond donors (Lipinski definition) is 1. The molecule has 0 unspecified atom stereocenters. The van der Waals surface area contributed by atoms with E-state index in [4.69, 9.17) is 0 Å². The summed E-state index contributed by atoms with van der Waals surface area (Å²) < 4.78 is 1.89. The molecule has 0 saturated heterocycles. The smallest absolute Gasteiger partial charge is 0.163 e. The first kappa shape index (κ1) is 14.3. The van der Waals surface area contributed by atoms with Gasteiger partial charge >= 0.3 is 0 Å². The van der Waals surface area contributed by atoms with E-state index < -0.39 is 0 Å². The maximum Gasteiger partial charge on any atom is 0.163 e. The van der Waals surface area contributed by atoms with Crippen molar-refractivity contribution in [2.75, 3.05) is 5.32 Å². The van der Waals surface area contributed by atoms with Crippen molar-refractivity contribution in [2.45, 2.75) is 13.1 Å². The van der Waals surface area contributed by atoms with E-state index in [-0.39, 0.29) is 0 Å². The first-order valence-corrected chi connectivity index (χ1v) is 7.73. The van der Waals surface area contributed by atoms with Gasteiger partial charge in [0.05, 0.1) is 18.1 Å². The molecule has 0 radical (unpaired) electrons. The average molecular weight is 316 g/mol. The first-order chi connectivity index (χ1) is 11.9. The Morgan fingerprint density at radius 2 is 1.79 bits per heavy atom.